The van der Waals surface area contributed by atoms with Crippen molar-refractivity contribution in [2.75, 3.05) is 19.6 Å². The number of piperidine rings is 1. The minimum atomic E-state index is -0.168. The van der Waals surface area contributed by atoms with Crippen molar-refractivity contribution < 1.29 is 0 Å². The molecule has 1 fully saturated rings. The second-order valence-corrected chi connectivity index (χ2v) is 7.81. The SMILES string of the molecule is CC1(C)CCN(CCc2cnn(-c3nccc4c(=O)[nH]cnc34)c2)CC1. The molecule has 0 amide bonds. The van der Waals surface area contributed by atoms with E-state index in [0.29, 0.717) is 22.1 Å². The molecule has 26 heavy (non-hydrogen) atoms. The third kappa shape index (κ3) is 3.39. The van der Waals surface area contributed by atoms with Gasteiger partial charge in [0.15, 0.2) is 5.82 Å². The van der Waals surface area contributed by atoms with Crippen LogP contribution >= 0.6 is 0 Å². The summed E-state index contributed by atoms with van der Waals surface area (Å²) in [4.78, 5) is 25.7. The molecule has 0 aromatic carbocycles. The second kappa shape index (κ2) is 6.64. The highest BCUT2D eigenvalue weighted by Crippen LogP contribution is 2.29. The molecule has 7 nitrogen and oxygen atoms in total. The van der Waals surface area contributed by atoms with Crippen LogP contribution in [0.4, 0.5) is 0 Å². The number of likely N-dealkylation sites (tertiary alicyclic amines) is 1. The fraction of sp³-hybridized carbons (Fsp3) is 0.474. The van der Waals surface area contributed by atoms with Crippen molar-refractivity contribution in [2.45, 2.75) is 33.1 Å². The fourth-order valence-corrected chi connectivity index (χ4v) is 3.43. The summed E-state index contributed by atoms with van der Waals surface area (Å²) in [5, 5.41) is 4.96. The van der Waals surface area contributed by atoms with Gasteiger partial charge in [-0.05, 0) is 49.4 Å². The summed E-state index contributed by atoms with van der Waals surface area (Å²) in [6.07, 6.45) is 10.3. The molecule has 4 heterocycles. The summed E-state index contributed by atoms with van der Waals surface area (Å²) in [5.74, 6) is 0.583. The molecule has 1 saturated heterocycles. The maximum Gasteiger partial charge on any atom is 0.258 e. The van der Waals surface area contributed by atoms with Gasteiger partial charge in [-0.1, -0.05) is 13.8 Å². The number of aromatic nitrogens is 5. The minimum absolute atomic E-state index is 0.168. The molecular formula is C19H24N6O. The molecule has 3 aromatic rings. The van der Waals surface area contributed by atoms with E-state index in [-0.39, 0.29) is 5.56 Å². The predicted molar refractivity (Wildman–Crippen MR) is 100 cm³/mol. The number of fused-ring (bicyclic) bond motifs is 1. The first-order valence-electron chi connectivity index (χ1n) is 9.11. The summed E-state index contributed by atoms with van der Waals surface area (Å²) in [7, 11) is 0. The van der Waals surface area contributed by atoms with Crippen LogP contribution in [0, 0.1) is 5.41 Å². The van der Waals surface area contributed by atoms with Gasteiger partial charge in [0, 0.05) is 18.9 Å². The Kier molecular flexibility index (Phi) is 4.32. The van der Waals surface area contributed by atoms with Crippen LogP contribution in [0.1, 0.15) is 32.3 Å². The van der Waals surface area contributed by atoms with Crippen molar-refractivity contribution in [1.29, 1.82) is 0 Å². The van der Waals surface area contributed by atoms with E-state index in [0.717, 1.165) is 13.0 Å². The zero-order chi connectivity index (χ0) is 18.1. The van der Waals surface area contributed by atoms with E-state index < -0.39 is 0 Å². The van der Waals surface area contributed by atoms with Crippen LogP contribution in [0.15, 0.2) is 35.8 Å². The zero-order valence-electron chi connectivity index (χ0n) is 15.3. The van der Waals surface area contributed by atoms with E-state index in [9.17, 15) is 4.79 Å². The summed E-state index contributed by atoms with van der Waals surface area (Å²) < 4.78 is 1.71. The van der Waals surface area contributed by atoms with E-state index in [1.807, 2.05) is 12.4 Å². The number of H-pyrrole nitrogens is 1. The van der Waals surface area contributed by atoms with Gasteiger partial charge in [-0.25, -0.2) is 14.6 Å². The molecule has 0 atom stereocenters. The Morgan fingerprint density at radius 3 is 2.85 bits per heavy atom. The van der Waals surface area contributed by atoms with Gasteiger partial charge in [0.25, 0.3) is 5.56 Å². The number of hydrogen-bond acceptors (Lipinski definition) is 5. The molecule has 136 valence electrons. The third-order valence-corrected chi connectivity index (χ3v) is 5.32. The van der Waals surface area contributed by atoms with Crippen LogP contribution in [0.3, 0.4) is 0 Å². The lowest BCUT2D eigenvalue weighted by Gasteiger charge is -2.36. The number of aromatic amines is 1. The standard InChI is InChI=1S/C19H24N6O/c1-19(2)5-9-24(10-6-19)8-4-14-11-23-25(12-14)17-16-15(3-7-20-17)18(26)22-13-21-16/h3,7,11-13H,4-6,8-10H2,1-2H3,(H,21,22,26). The van der Waals surface area contributed by atoms with E-state index >= 15 is 0 Å². The minimum Gasteiger partial charge on any atom is -0.313 e. The molecule has 0 radical (unpaired) electrons. The van der Waals surface area contributed by atoms with Crippen LogP contribution in [-0.4, -0.2) is 49.3 Å². The summed E-state index contributed by atoms with van der Waals surface area (Å²) in [6.45, 7) is 8.08. The lowest BCUT2D eigenvalue weighted by Crippen LogP contribution is -2.38. The largest absolute Gasteiger partial charge is 0.313 e. The van der Waals surface area contributed by atoms with Crippen molar-refractivity contribution in [2.24, 2.45) is 5.41 Å². The van der Waals surface area contributed by atoms with Gasteiger partial charge in [0.05, 0.1) is 17.9 Å². The van der Waals surface area contributed by atoms with E-state index in [4.69, 9.17) is 0 Å². The maximum absolute atomic E-state index is 11.9. The predicted octanol–water partition coefficient (Wildman–Crippen LogP) is 2.17. The van der Waals surface area contributed by atoms with Crippen LogP contribution in [-0.2, 0) is 6.42 Å². The van der Waals surface area contributed by atoms with Gasteiger partial charge < -0.3 is 9.88 Å². The van der Waals surface area contributed by atoms with Gasteiger partial charge >= 0.3 is 0 Å². The molecule has 1 aliphatic rings. The molecule has 7 heteroatoms. The summed E-state index contributed by atoms with van der Waals surface area (Å²) in [6, 6.07) is 1.67. The number of pyridine rings is 1. The first-order chi connectivity index (χ1) is 12.5. The van der Waals surface area contributed by atoms with Gasteiger partial charge in [0.1, 0.15) is 5.52 Å². The van der Waals surface area contributed by atoms with E-state index in [2.05, 4.69) is 38.8 Å². The van der Waals surface area contributed by atoms with Crippen LogP contribution in [0.5, 0.6) is 0 Å². The maximum atomic E-state index is 11.9. The van der Waals surface area contributed by atoms with Crippen molar-refractivity contribution >= 4 is 10.9 Å². The molecule has 0 unspecified atom stereocenters. The molecule has 0 bridgehead atoms. The molecule has 1 aliphatic heterocycles. The number of nitrogens with zero attached hydrogens (tertiary/aromatic N) is 5. The van der Waals surface area contributed by atoms with E-state index in [1.165, 1.54) is 37.8 Å². The lowest BCUT2D eigenvalue weighted by atomic mass is 9.82. The first kappa shape index (κ1) is 16.9. The molecule has 0 aliphatic carbocycles. The summed E-state index contributed by atoms with van der Waals surface area (Å²) >= 11 is 0. The van der Waals surface area contributed by atoms with Crippen LogP contribution in [0.25, 0.3) is 16.7 Å². The Balaban J connectivity index is 1.49. The van der Waals surface area contributed by atoms with Crippen LogP contribution < -0.4 is 5.56 Å². The molecule has 4 rings (SSSR count). The Morgan fingerprint density at radius 1 is 1.23 bits per heavy atom. The summed E-state index contributed by atoms with van der Waals surface area (Å²) in [5.41, 5.74) is 2.04. The van der Waals surface area contributed by atoms with Crippen molar-refractivity contribution in [3.63, 3.8) is 0 Å². The Morgan fingerprint density at radius 2 is 2.04 bits per heavy atom. The van der Waals surface area contributed by atoms with Crippen molar-refractivity contribution in [1.82, 2.24) is 29.6 Å². The normalized spacial score (nSPS) is 17.6. The molecule has 0 saturated carbocycles. The van der Waals surface area contributed by atoms with Gasteiger partial charge in [-0.15, -0.1) is 0 Å². The van der Waals surface area contributed by atoms with E-state index in [1.54, 1.807) is 16.9 Å². The molecule has 0 spiro atoms. The quantitative estimate of drug-likeness (QED) is 0.778. The van der Waals surface area contributed by atoms with Gasteiger partial charge in [0.2, 0.25) is 0 Å². The zero-order valence-corrected chi connectivity index (χ0v) is 15.3. The Labute approximate surface area is 152 Å². The third-order valence-electron chi connectivity index (χ3n) is 5.32. The second-order valence-electron chi connectivity index (χ2n) is 7.81. The van der Waals surface area contributed by atoms with Crippen molar-refractivity contribution in [3.05, 3.63) is 46.9 Å². The lowest BCUT2D eigenvalue weighted by molar-refractivity contribution is 0.134. The molecule has 1 N–H and O–H groups in total. The highest BCUT2D eigenvalue weighted by Gasteiger charge is 2.24. The van der Waals surface area contributed by atoms with Crippen LogP contribution in [0.2, 0.25) is 0 Å². The monoisotopic (exact) mass is 352 g/mol. The Hall–Kier alpha value is -2.54. The molecular weight excluding hydrogens is 328 g/mol. The van der Waals surface area contributed by atoms with Gasteiger partial charge in [-0.2, -0.15) is 5.10 Å². The smallest absolute Gasteiger partial charge is 0.258 e. The average molecular weight is 352 g/mol. The van der Waals surface area contributed by atoms with Crippen molar-refractivity contribution in [3.8, 4) is 5.82 Å². The highest BCUT2D eigenvalue weighted by molar-refractivity contribution is 5.83. The molecule has 3 aromatic heterocycles. The number of nitrogens with one attached hydrogen (secondary N) is 1. The number of hydrogen-bond donors (Lipinski definition) is 1. The van der Waals surface area contributed by atoms with Gasteiger partial charge in [-0.3, -0.25) is 4.79 Å². The fourth-order valence-electron chi connectivity index (χ4n) is 3.43. The Bertz CT molecular complexity index is 963. The highest BCUT2D eigenvalue weighted by atomic mass is 16.1. The first-order valence-corrected chi connectivity index (χ1v) is 9.11. The topological polar surface area (TPSA) is 79.7 Å². The number of rotatable bonds is 4. The average Bonchev–Trinajstić information content (AvgIpc) is 3.10.